The number of hydrogen-bond acceptors (Lipinski definition) is 3. The fourth-order valence-electron chi connectivity index (χ4n) is 2.33. The average Bonchev–Trinajstić information content (AvgIpc) is 2.55. The third kappa shape index (κ3) is 4.90. The molecule has 0 bridgehead atoms. The second kappa shape index (κ2) is 8.27. The van der Waals surface area contributed by atoms with Gasteiger partial charge in [0.1, 0.15) is 17.4 Å². The number of hydrogen-bond donors (Lipinski definition) is 2. The Balaban J connectivity index is 2.00. The van der Waals surface area contributed by atoms with Gasteiger partial charge >= 0.3 is 0 Å². The maximum Gasteiger partial charge on any atom is 0.238 e. The Labute approximate surface area is 150 Å². The highest BCUT2D eigenvalue weighted by atomic mass is 35.5. The Morgan fingerprint density at radius 1 is 1.28 bits per heavy atom. The van der Waals surface area contributed by atoms with E-state index < -0.39 is 17.7 Å². The molecule has 1 atom stereocenters. The fraction of sp³-hybridized carbons (Fsp3) is 0.278. The maximum atomic E-state index is 13.7. The minimum Gasteiger partial charge on any atom is -0.495 e. The molecule has 1 unspecified atom stereocenters. The molecule has 2 N–H and O–H groups in total. The largest absolute Gasteiger partial charge is 0.495 e. The van der Waals surface area contributed by atoms with Gasteiger partial charge in [-0.2, -0.15) is 0 Å². The number of benzene rings is 2. The van der Waals surface area contributed by atoms with Gasteiger partial charge in [0.15, 0.2) is 0 Å². The van der Waals surface area contributed by atoms with E-state index in [1.807, 2.05) is 6.92 Å². The van der Waals surface area contributed by atoms with Crippen LogP contribution in [0.1, 0.15) is 24.1 Å². The molecule has 7 heteroatoms. The third-order valence-corrected chi connectivity index (χ3v) is 4.16. The highest BCUT2D eigenvalue weighted by molar-refractivity contribution is 6.31. The van der Waals surface area contributed by atoms with Gasteiger partial charge in [-0.1, -0.05) is 17.7 Å². The molecule has 0 spiro atoms. The maximum absolute atomic E-state index is 13.7. The van der Waals surface area contributed by atoms with Crippen LogP contribution in [0.4, 0.5) is 14.5 Å². The zero-order valence-electron chi connectivity index (χ0n) is 14.1. The van der Waals surface area contributed by atoms with Gasteiger partial charge in [-0.25, -0.2) is 8.78 Å². The Bertz CT molecular complexity index is 784. The number of nitrogens with one attached hydrogen (secondary N) is 2. The van der Waals surface area contributed by atoms with Crippen LogP contribution in [0.25, 0.3) is 0 Å². The van der Waals surface area contributed by atoms with Crippen molar-refractivity contribution in [2.75, 3.05) is 19.0 Å². The van der Waals surface area contributed by atoms with Crippen molar-refractivity contribution in [2.45, 2.75) is 19.9 Å². The van der Waals surface area contributed by atoms with E-state index in [1.54, 1.807) is 19.1 Å². The Morgan fingerprint density at radius 3 is 2.64 bits per heavy atom. The molecular weight excluding hydrogens is 350 g/mol. The molecule has 0 aromatic heterocycles. The number of methoxy groups -OCH3 is 1. The highest BCUT2D eigenvalue weighted by Gasteiger charge is 2.14. The van der Waals surface area contributed by atoms with Gasteiger partial charge in [-0.05, 0) is 31.5 Å². The van der Waals surface area contributed by atoms with Crippen LogP contribution in [0.5, 0.6) is 5.75 Å². The first-order valence-electron chi connectivity index (χ1n) is 7.64. The summed E-state index contributed by atoms with van der Waals surface area (Å²) >= 11 is 6.03. The topological polar surface area (TPSA) is 50.4 Å². The second-order valence-corrected chi connectivity index (χ2v) is 6.03. The van der Waals surface area contributed by atoms with Crippen molar-refractivity contribution in [3.8, 4) is 5.75 Å². The molecule has 0 saturated carbocycles. The number of carbonyl (C=O) groups is 1. The molecule has 2 aromatic carbocycles. The lowest BCUT2D eigenvalue weighted by Gasteiger charge is -2.16. The monoisotopic (exact) mass is 368 g/mol. The van der Waals surface area contributed by atoms with Gasteiger partial charge in [0.25, 0.3) is 0 Å². The van der Waals surface area contributed by atoms with E-state index in [1.165, 1.54) is 19.2 Å². The molecule has 0 heterocycles. The van der Waals surface area contributed by atoms with E-state index in [0.717, 1.165) is 11.6 Å². The summed E-state index contributed by atoms with van der Waals surface area (Å²) in [5.41, 5.74) is 1.58. The first kappa shape index (κ1) is 19.1. The van der Waals surface area contributed by atoms with E-state index in [-0.39, 0.29) is 18.0 Å². The fourth-order valence-corrected chi connectivity index (χ4v) is 2.49. The molecule has 0 aliphatic carbocycles. The summed E-state index contributed by atoms with van der Waals surface area (Å²) in [4.78, 5) is 12.1. The lowest BCUT2D eigenvalue weighted by molar-refractivity contribution is -0.115. The number of amides is 1. The number of anilines is 1. The van der Waals surface area contributed by atoms with Crippen LogP contribution < -0.4 is 15.4 Å². The molecule has 2 aromatic rings. The van der Waals surface area contributed by atoms with Crippen LogP contribution in [-0.4, -0.2) is 19.6 Å². The molecule has 0 fully saturated rings. The van der Waals surface area contributed by atoms with Gasteiger partial charge in [0.2, 0.25) is 5.91 Å². The van der Waals surface area contributed by atoms with Crippen LogP contribution >= 0.6 is 11.6 Å². The summed E-state index contributed by atoms with van der Waals surface area (Å²) < 4.78 is 31.9. The molecule has 1 amide bonds. The summed E-state index contributed by atoms with van der Waals surface area (Å²) in [5, 5.41) is 6.16. The Morgan fingerprint density at radius 2 is 2.00 bits per heavy atom. The quantitative estimate of drug-likeness (QED) is 0.802. The molecule has 2 rings (SSSR count). The van der Waals surface area contributed by atoms with Crippen molar-refractivity contribution in [3.05, 3.63) is 58.1 Å². The lowest BCUT2D eigenvalue weighted by Crippen LogP contribution is -2.30. The molecule has 0 aliphatic heterocycles. The van der Waals surface area contributed by atoms with Crippen molar-refractivity contribution >= 4 is 23.2 Å². The second-order valence-electron chi connectivity index (χ2n) is 5.62. The number of rotatable bonds is 6. The molecule has 0 radical (unpaired) electrons. The van der Waals surface area contributed by atoms with E-state index >= 15 is 0 Å². The van der Waals surface area contributed by atoms with Gasteiger partial charge in [0, 0.05) is 28.8 Å². The van der Waals surface area contributed by atoms with E-state index in [0.29, 0.717) is 16.5 Å². The highest BCUT2D eigenvalue weighted by Crippen LogP contribution is 2.30. The average molecular weight is 369 g/mol. The Hall–Kier alpha value is -2.18. The molecule has 0 saturated heterocycles. The number of carbonyl (C=O) groups excluding carboxylic acids is 1. The smallest absolute Gasteiger partial charge is 0.238 e. The zero-order chi connectivity index (χ0) is 18.6. The molecule has 25 heavy (non-hydrogen) atoms. The number of aryl methyl sites for hydroxylation is 1. The molecule has 4 nitrogen and oxygen atoms in total. The van der Waals surface area contributed by atoms with Crippen LogP contribution in [-0.2, 0) is 4.79 Å². The third-order valence-electron chi connectivity index (χ3n) is 3.75. The minimum atomic E-state index is -0.657. The van der Waals surface area contributed by atoms with Crippen molar-refractivity contribution in [2.24, 2.45) is 0 Å². The predicted octanol–water partition coefficient (Wildman–Crippen LogP) is 4.22. The summed E-state index contributed by atoms with van der Waals surface area (Å²) in [6, 6.07) is 6.22. The lowest BCUT2D eigenvalue weighted by atomic mass is 10.1. The number of ether oxygens (including phenoxy) is 1. The van der Waals surface area contributed by atoms with Crippen LogP contribution in [0.3, 0.4) is 0 Å². The normalized spacial score (nSPS) is 11.9. The predicted molar refractivity (Wildman–Crippen MR) is 94.1 cm³/mol. The van der Waals surface area contributed by atoms with Gasteiger partial charge in [0.05, 0.1) is 19.3 Å². The SMILES string of the molecule is COc1cc(Cl)c(C)cc1NC(=O)CNC(C)c1ccc(F)cc1F. The van der Waals surface area contributed by atoms with E-state index in [4.69, 9.17) is 16.3 Å². The van der Waals surface area contributed by atoms with Crippen LogP contribution in [0.15, 0.2) is 30.3 Å². The standard InChI is InChI=1S/C18H19ClF2N2O2/c1-10-6-16(17(25-3)8-14(10)19)23-18(24)9-22-11(2)13-5-4-12(20)7-15(13)21/h4-8,11,22H,9H2,1-3H3,(H,23,24). The van der Waals surface area contributed by atoms with Crippen molar-refractivity contribution < 1.29 is 18.3 Å². The van der Waals surface area contributed by atoms with E-state index in [9.17, 15) is 13.6 Å². The molecule has 134 valence electrons. The van der Waals surface area contributed by atoms with E-state index in [2.05, 4.69) is 10.6 Å². The Kier molecular flexibility index (Phi) is 6.33. The van der Waals surface area contributed by atoms with Gasteiger partial charge in [-0.15, -0.1) is 0 Å². The van der Waals surface area contributed by atoms with Crippen molar-refractivity contribution in [1.29, 1.82) is 0 Å². The van der Waals surface area contributed by atoms with Crippen LogP contribution in [0, 0.1) is 18.6 Å². The number of halogens is 3. The summed E-state index contributed by atoms with van der Waals surface area (Å²) in [6.07, 6.45) is 0. The van der Waals surface area contributed by atoms with Crippen molar-refractivity contribution in [1.82, 2.24) is 5.32 Å². The zero-order valence-corrected chi connectivity index (χ0v) is 14.9. The molecule has 0 aliphatic rings. The minimum absolute atomic E-state index is 0.0528. The van der Waals surface area contributed by atoms with Crippen LogP contribution in [0.2, 0.25) is 5.02 Å². The first-order chi connectivity index (χ1) is 11.8. The van der Waals surface area contributed by atoms with Crippen molar-refractivity contribution in [3.63, 3.8) is 0 Å². The van der Waals surface area contributed by atoms with Gasteiger partial charge < -0.3 is 15.4 Å². The summed E-state index contributed by atoms with van der Waals surface area (Å²) in [6.45, 7) is 3.45. The summed E-state index contributed by atoms with van der Waals surface area (Å²) in [7, 11) is 1.48. The summed E-state index contributed by atoms with van der Waals surface area (Å²) in [5.74, 6) is -1.18. The molecular formula is C18H19ClF2N2O2. The van der Waals surface area contributed by atoms with Gasteiger partial charge in [-0.3, -0.25) is 4.79 Å². The first-order valence-corrected chi connectivity index (χ1v) is 8.02.